The number of fused-ring (bicyclic) bond motifs is 1. The molecule has 0 aliphatic rings. The van der Waals surface area contributed by atoms with Gasteiger partial charge < -0.3 is 14.8 Å². The SMILES string of the molecule is Cc1ccc(CN(CCc2c[nH]c3ccccc23)C(=O)CN(CC(C)C)C(=O)C(Cl)Cl)cc1. The summed E-state index contributed by atoms with van der Waals surface area (Å²) in [5.74, 6) is -0.378. The number of halogens is 2. The third-order valence-electron chi connectivity index (χ3n) is 5.58. The molecule has 0 bridgehead atoms. The number of benzene rings is 2. The zero-order valence-corrected chi connectivity index (χ0v) is 20.9. The molecule has 7 heteroatoms. The van der Waals surface area contributed by atoms with Crippen LogP contribution in [0.3, 0.4) is 0 Å². The van der Waals surface area contributed by atoms with Gasteiger partial charge in [-0.05, 0) is 36.5 Å². The van der Waals surface area contributed by atoms with Gasteiger partial charge in [-0.1, -0.05) is 85.1 Å². The molecular formula is C26H31Cl2N3O2. The molecule has 0 aliphatic heterocycles. The molecule has 3 rings (SSSR count). The molecule has 0 unspecified atom stereocenters. The summed E-state index contributed by atoms with van der Waals surface area (Å²) >= 11 is 11.7. The summed E-state index contributed by atoms with van der Waals surface area (Å²) in [6.45, 7) is 7.38. The molecule has 0 aliphatic carbocycles. The van der Waals surface area contributed by atoms with Crippen LogP contribution in [-0.4, -0.2) is 51.1 Å². The van der Waals surface area contributed by atoms with Crippen molar-refractivity contribution in [3.8, 4) is 0 Å². The maximum absolute atomic E-state index is 13.4. The molecule has 0 fully saturated rings. The molecule has 3 aromatic rings. The Morgan fingerprint density at radius 1 is 1.00 bits per heavy atom. The topological polar surface area (TPSA) is 56.4 Å². The highest BCUT2D eigenvalue weighted by atomic mass is 35.5. The van der Waals surface area contributed by atoms with Crippen molar-refractivity contribution in [2.45, 2.75) is 38.6 Å². The van der Waals surface area contributed by atoms with Gasteiger partial charge in [-0.25, -0.2) is 0 Å². The van der Waals surface area contributed by atoms with Crippen molar-refractivity contribution in [2.24, 2.45) is 5.92 Å². The van der Waals surface area contributed by atoms with Gasteiger partial charge in [0.05, 0.1) is 6.54 Å². The van der Waals surface area contributed by atoms with Crippen molar-refractivity contribution >= 4 is 45.9 Å². The van der Waals surface area contributed by atoms with Crippen LogP contribution in [0.25, 0.3) is 10.9 Å². The van der Waals surface area contributed by atoms with Crippen molar-refractivity contribution in [1.82, 2.24) is 14.8 Å². The predicted molar refractivity (Wildman–Crippen MR) is 136 cm³/mol. The summed E-state index contributed by atoms with van der Waals surface area (Å²) in [5, 5.41) is 1.16. The van der Waals surface area contributed by atoms with Crippen LogP contribution in [0, 0.1) is 12.8 Å². The Kier molecular flexibility index (Phi) is 8.81. The number of nitrogens with zero attached hydrogens (tertiary/aromatic N) is 2. The van der Waals surface area contributed by atoms with Crippen LogP contribution < -0.4 is 0 Å². The van der Waals surface area contributed by atoms with E-state index in [1.807, 2.05) is 74.3 Å². The van der Waals surface area contributed by atoms with Crippen molar-refractivity contribution in [3.63, 3.8) is 0 Å². The number of amides is 2. The molecule has 5 nitrogen and oxygen atoms in total. The summed E-state index contributed by atoms with van der Waals surface area (Å²) in [7, 11) is 0. The molecule has 0 saturated carbocycles. The van der Waals surface area contributed by atoms with Gasteiger partial charge in [0.25, 0.3) is 5.91 Å². The lowest BCUT2D eigenvalue weighted by molar-refractivity contribution is -0.140. The normalized spacial score (nSPS) is 11.4. The highest BCUT2D eigenvalue weighted by Gasteiger charge is 2.26. The van der Waals surface area contributed by atoms with Gasteiger partial charge in [-0.15, -0.1) is 0 Å². The van der Waals surface area contributed by atoms with Crippen molar-refractivity contribution in [3.05, 3.63) is 71.4 Å². The Bertz CT molecular complexity index is 1080. The molecule has 176 valence electrons. The largest absolute Gasteiger partial charge is 0.361 e. The van der Waals surface area contributed by atoms with Crippen LogP contribution in [0.4, 0.5) is 0 Å². The average molecular weight is 488 g/mol. The Hall–Kier alpha value is -2.50. The third kappa shape index (κ3) is 6.99. The number of H-pyrrole nitrogens is 1. The Morgan fingerprint density at radius 3 is 2.36 bits per heavy atom. The molecule has 0 radical (unpaired) electrons. The molecule has 2 aromatic carbocycles. The molecule has 1 N–H and O–H groups in total. The number of nitrogens with one attached hydrogen (secondary N) is 1. The molecule has 1 heterocycles. The first kappa shape index (κ1) is 25.1. The predicted octanol–water partition coefficient (Wildman–Crippen LogP) is 5.34. The monoisotopic (exact) mass is 487 g/mol. The minimum absolute atomic E-state index is 0.0489. The Labute approximate surface area is 205 Å². The van der Waals surface area contributed by atoms with Crippen molar-refractivity contribution in [1.29, 1.82) is 0 Å². The molecule has 33 heavy (non-hydrogen) atoms. The molecule has 0 spiro atoms. The number of hydrogen-bond donors (Lipinski definition) is 1. The maximum atomic E-state index is 13.4. The molecule has 2 amide bonds. The number of para-hydroxylation sites is 1. The van der Waals surface area contributed by atoms with Gasteiger partial charge >= 0.3 is 0 Å². The van der Waals surface area contributed by atoms with Gasteiger partial charge in [-0.3, -0.25) is 9.59 Å². The molecule has 0 saturated heterocycles. The first-order valence-corrected chi connectivity index (χ1v) is 12.1. The molecule has 1 aromatic heterocycles. The van der Waals surface area contributed by atoms with Crippen LogP contribution in [-0.2, 0) is 22.6 Å². The number of aromatic amines is 1. The summed E-state index contributed by atoms with van der Waals surface area (Å²) in [4.78, 5) is 31.3. The second kappa shape index (κ2) is 11.6. The van der Waals surface area contributed by atoms with E-state index < -0.39 is 10.7 Å². The summed E-state index contributed by atoms with van der Waals surface area (Å²) in [6.07, 6.45) is 2.70. The number of rotatable bonds is 10. The van der Waals surface area contributed by atoms with E-state index in [-0.39, 0.29) is 18.4 Å². The smallest absolute Gasteiger partial charge is 0.256 e. The number of hydrogen-bond acceptors (Lipinski definition) is 2. The number of alkyl halides is 2. The first-order valence-electron chi connectivity index (χ1n) is 11.2. The zero-order chi connectivity index (χ0) is 24.0. The Morgan fingerprint density at radius 2 is 1.70 bits per heavy atom. The highest BCUT2D eigenvalue weighted by Crippen LogP contribution is 2.19. The third-order valence-corrected chi connectivity index (χ3v) is 5.96. The number of carbonyl (C=O) groups is 2. The average Bonchev–Trinajstić information content (AvgIpc) is 3.19. The van der Waals surface area contributed by atoms with Gasteiger partial charge in [-0.2, -0.15) is 0 Å². The van der Waals surface area contributed by atoms with E-state index in [4.69, 9.17) is 23.2 Å². The van der Waals surface area contributed by atoms with Crippen LogP contribution in [0.1, 0.15) is 30.5 Å². The van der Waals surface area contributed by atoms with E-state index in [1.165, 1.54) is 10.5 Å². The van der Waals surface area contributed by atoms with Gasteiger partial charge in [0.2, 0.25) is 5.91 Å². The first-order chi connectivity index (χ1) is 15.7. The van der Waals surface area contributed by atoms with Crippen molar-refractivity contribution in [2.75, 3.05) is 19.6 Å². The maximum Gasteiger partial charge on any atom is 0.256 e. The van der Waals surface area contributed by atoms with Crippen LogP contribution in [0.2, 0.25) is 0 Å². The fraction of sp³-hybridized carbons (Fsp3) is 0.385. The summed E-state index contributed by atoms with van der Waals surface area (Å²) in [5.41, 5.74) is 4.44. The quantitative estimate of drug-likeness (QED) is 0.392. The lowest BCUT2D eigenvalue weighted by atomic mass is 10.1. The standard InChI is InChI=1S/C26H31Cl2N3O2/c1-18(2)15-31(26(33)25(27)28)17-24(32)30(16-20-10-8-19(3)9-11-20)13-12-21-14-29-23-7-5-4-6-22(21)23/h4-11,14,18,25,29H,12-13,15-17H2,1-3H3. The van der Waals surface area contributed by atoms with Gasteiger partial charge in [0, 0.05) is 36.7 Å². The fourth-order valence-corrected chi connectivity index (χ4v) is 4.15. The van der Waals surface area contributed by atoms with E-state index in [2.05, 4.69) is 11.1 Å². The van der Waals surface area contributed by atoms with E-state index in [0.717, 1.165) is 22.0 Å². The summed E-state index contributed by atoms with van der Waals surface area (Å²) in [6, 6.07) is 16.3. The number of aryl methyl sites for hydroxylation is 1. The molecular weight excluding hydrogens is 457 g/mol. The summed E-state index contributed by atoms with van der Waals surface area (Å²) < 4.78 is 0. The zero-order valence-electron chi connectivity index (χ0n) is 19.4. The van der Waals surface area contributed by atoms with Gasteiger partial charge in [0.1, 0.15) is 0 Å². The van der Waals surface area contributed by atoms with Crippen LogP contribution in [0.5, 0.6) is 0 Å². The van der Waals surface area contributed by atoms with E-state index in [1.54, 1.807) is 0 Å². The fourth-order valence-electron chi connectivity index (χ4n) is 3.87. The van der Waals surface area contributed by atoms with Gasteiger partial charge in [0.15, 0.2) is 4.84 Å². The Balaban J connectivity index is 1.79. The lowest BCUT2D eigenvalue weighted by Crippen LogP contribution is -2.46. The van der Waals surface area contributed by atoms with Crippen LogP contribution in [0.15, 0.2) is 54.7 Å². The number of carbonyl (C=O) groups excluding carboxylic acids is 2. The lowest BCUT2D eigenvalue weighted by Gasteiger charge is -2.29. The molecule has 0 atom stereocenters. The van der Waals surface area contributed by atoms with E-state index in [9.17, 15) is 9.59 Å². The highest BCUT2D eigenvalue weighted by molar-refractivity contribution is 6.53. The van der Waals surface area contributed by atoms with E-state index >= 15 is 0 Å². The van der Waals surface area contributed by atoms with Crippen LogP contribution >= 0.6 is 23.2 Å². The van der Waals surface area contributed by atoms with Crippen molar-refractivity contribution < 1.29 is 9.59 Å². The second-order valence-corrected chi connectivity index (χ2v) is 9.92. The minimum atomic E-state index is -1.19. The minimum Gasteiger partial charge on any atom is -0.361 e. The second-order valence-electron chi connectivity index (χ2n) is 8.82. The van der Waals surface area contributed by atoms with E-state index in [0.29, 0.717) is 26.1 Å². The number of aromatic nitrogens is 1.